The van der Waals surface area contributed by atoms with Gasteiger partial charge < -0.3 is 14.5 Å². The minimum absolute atomic E-state index is 0.393. The first kappa shape index (κ1) is 15.5. The summed E-state index contributed by atoms with van der Waals surface area (Å²) in [5, 5.41) is 14.9. The Labute approximate surface area is 142 Å². The van der Waals surface area contributed by atoms with Crippen LogP contribution in [0.15, 0.2) is 34.9 Å². The molecule has 5 rings (SSSR count). The summed E-state index contributed by atoms with van der Waals surface area (Å²) in [5.74, 6) is 1.67. The number of benzene rings is 1. The summed E-state index contributed by atoms with van der Waals surface area (Å²) < 4.78 is 5.15. The van der Waals surface area contributed by atoms with Crippen molar-refractivity contribution in [3.8, 4) is 11.4 Å². The molecule has 1 unspecified atom stereocenters. The van der Waals surface area contributed by atoms with Crippen molar-refractivity contribution in [2.24, 2.45) is 5.92 Å². The second-order valence-corrected chi connectivity index (χ2v) is 6.86. The van der Waals surface area contributed by atoms with Crippen LogP contribution in [0, 0.1) is 5.92 Å². The molecule has 1 N–H and O–H groups in total. The molecule has 0 amide bonds. The predicted molar refractivity (Wildman–Crippen MR) is 92.3 cm³/mol. The van der Waals surface area contributed by atoms with Crippen molar-refractivity contribution in [1.82, 2.24) is 15.0 Å². The van der Waals surface area contributed by atoms with Crippen LogP contribution in [-0.2, 0) is 6.42 Å². The van der Waals surface area contributed by atoms with E-state index in [9.17, 15) is 5.11 Å². The van der Waals surface area contributed by atoms with Crippen molar-refractivity contribution in [2.75, 3.05) is 19.6 Å². The van der Waals surface area contributed by atoms with E-state index in [4.69, 9.17) is 4.52 Å². The first-order chi connectivity index (χ1) is 11.7. The summed E-state index contributed by atoms with van der Waals surface area (Å²) >= 11 is 0. The molecule has 0 aliphatic carbocycles. The molecule has 3 saturated heterocycles. The fourth-order valence-electron chi connectivity index (χ4n) is 3.77. The maximum atomic E-state index is 10.9. The molecule has 0 spiro atoms. The van der Waals surface area contributed by atoms with E-state index in [-0.39, 0.29) is 0 Å². The zero-order valence-corrected chi connectivity index (χ0v) is 14.0. The van der Waals surface area contributed by atoms with Gasteiger partial charge in [-0.05, 0) is 37.4 Å². The third-order valence-electron chi connectivity index (χ3n) is 5.28. The standard InChI is InChI=1S/C19H23N3O2/c1-2-17-20-18(21-24-17)15-5-3-14(4-6-15)7-10-19(23)13-22-11-8-16(19)9-12-22/h3-7,10,16,23H,2,8-9,11-13H2,1H3. The van der Waals surface area contributed by atoms with Crippen LogP contribution >= 0.6 is 0 Å². The first-order valence-corrected chi connectivity index (χ1v) is 8.73. The van der Waals surface area contributed by atoms with Gasteiger partial charge in [-0.15, -0.1) is 0 Å². The molecule has 24 heavy (non-hydrogen) atoms. The molecule has 5 heteroatoms. The van der Waals surface area contributed by atoms with Crippen molar-refractivity contribution < 1.29 is 9.63 Å². The monoisotopic (exact) mass is 325 g/mol. The third kappa shape index (κ3) is 2.89. The zero-order valence-electron chi connectivity index (χ0n) is 14.0. The Morgan fingerprint density at radius 2 is 2.04 bits per heavy atom. The van der Waals surface area contributed by atoms with Crippen LogP contribution in [0.1, 0.15) is 31.2 Å². The smallest absolute Gasteiger partial charge is 0.226 e. The molecule has 4 heterocycles. The van der Waals surface area contributed by atoms with Crippen LogP contribution in [0.4, 0.5) is 0 Å². The van der Waals surface area contributed by atoms with Crippen LogP contribution in [0.2, 0.25) is 0 Å². The van der Waals surface area contributed by atoms with Crippen molar-refractivity contribution in [1.29, 1.82) is 0 Å². The van der Waals surface area contributed by atoms with Gasteiger partial charge in [-0.3, -0.25) is 0 Å². The molecule has 2 bridgehead atoms. The highest BCUT2D eigenvalue weighted by molar-refractivity contribution is 5.59. The topological polar surface area (TPSA) is 62.4 Å². The fraction of sp³-hybridized carbons (Fsp3) is 0.474. The van der Waals surface area contributed by atoms with Crippen molar-refractivity contribution in [3.63, 3.8) is 0 Å². The Morgan fingerprint density at radius 3 is 2.62 bits per heavy atom. The minimum atomic E-state index is -0.682. The van der Waals surface area contributed by atoms with Crippen LogP contribution < -0.4 is 0 Å². The lowest BCUT2D eigenvalue weighted by molar-refractivity contribution is -0.0775. The molecule has 1 atom stereocenters. The van der Waals surface area contributed by atoms with Gasteiger partial charge in [-0.1, -0.05) is 48.5 Å². The molecule has 2 aromatic rings. The highest BCUT2D eigenvalue weighted by Crippen LogP contribution is 2.36. The van der Waals surface area contributed by atoms with Gasteiger partial charge in [0, 0.05) is 18.5 Å². The van der Waals surface area contributed by atoms with E-state index in [1.165, 1.54) is 0 Å². The lowest BCUT2D eigenvalue weighted by Crippen LogP contribution is -2.58. The Morgan fingerprint density at radius 1 is 1.29 bits per heavy atom. The normalized spacial score (nSPS) is 29.4. The molecule has 126 valence electrons. The van der Waals surface area contributed by atoms with Gasteiger partial charge in [0.1, 0.15) is 0 Å². The zero-order chi connectivity index (χ0) is 16.6. The first-order valence-electron chi connectivity index (χ1n) is 8.73. The summed E-state index contributed by atoms with van der Waals surface area (Å²) in [6, 6.07) is 8.03. The van der Waals surface area contributed by atoms with E-state index < -0.39 is 5.60 Å². The fourth-order valence-corrected chi connectivity index (χ4v) is 3.77. The van der Waals surface area contributed by atoms with E-state index in [1.807, 2.05) is 43.3 Å². The minimum Gasteiger partial charge on any atom is -0.384 e. The van der Waals surface area contributed by atoms with E-state index in [2.05, 4.69) is 15.0 Å². The number of aliphatic hydroxyl groups is 1. The number of fused-ring (bicyclic) bond motifs is 3. The number of piperidine rings is 3. The van der Waals surface area contributed by atoms with E-state index in [0.29, 0.717) is 17.6 Å². The van der Waals surface area contributed by atoms with Gasteiger partial charge in [0.2, 0.25) is 11.7 Å². The number of hydrogen-bond acceptors (Lipinski definition) is 5. The van der Waals surface area contributed by atoms with Gasteiger partial charge in [0.05, 0.1) is 5.60 Å². The second kappa shape index (κ2) is 6.15. The Balaban J connectivity index is 1.49. The summed E-state index contributed by atoms with van der Waals surface area (Å²) in [6.45, 7) is 5.00. The van der Waals surface area contributed by atoms with Crippen LogP contribution in [-0.4, -0.2) is 45.4 Å². The molecule has 0 radical (unpaired) electrons. The predicted octanol–water partition coefficient (Wildman–Crippen LogP) is 2.77. The van der Waals surface area contributed by atoms with E-state index >= 15 is 0 Å². The van der Waals surface area contributed by atoms with Gasteiger partial charge >= 0.3 is 0 Å². The second-order valence-electron chi connectivity index (χ2n) is 6.86. The molecule has 1 aromatic heterocycles. The maximum Gasteiger partial charge on any atom is 0.226 e. The number of aryl methyl sites for hydroxylation is 1. The van der Waals surface area contributed by atoms with Crippen molar-refractivity contribution >= 4 is 6.08 Å². The van der Waals surface area contributed by atoms with Crippen molar-refractivity contribution in [3.05, 3.63) is 41.8 Å². The lowest BCUT2D eigenvalue weighted by Gasteiger charge is -2.49. The van der Waals surface area contributed by atoms with Crippen molar-refractivity contribution in [2.45, 2.75) is 31.8 Å². The molecule has 3 aliphatic heterocycles. The molecule has 5 nitrogen and oxygen atoms in total. The van der Waals surface area contributed by atoms with E-state index in [0.717, 1.165) is 50.0 Å². The number of rotatable bonds is 4. The summed E-state index contributed by atoms with van der Waals surface area (Å²) in [5.41, 5.74) is 1.33. The lowest BCUT2D eigenvalue weighted by atomic mass is 9.75. The van der Waals surface area contributed by atoms with Crippen LogP contribution in [0.5, 0.6) is 0 Å². The molecular formula is C19H23N3O2. The average molecular weight is 325 g/mol. The molecular weight excluding hydrogens is 302 g/mol. The quantitative estimate of drug-likeness (QED) is 0.936. The molecule has 0 saturated carbocycles. The van der Waals surface area contributed by atoms with E-state index in [1.54, 1.807) is 0 Å². The number of aromatic nitrogens is 2. The van der Waals surface area contributed by atoms with Gasteiger partial charge in [-0.2, -0.15) is 4.98 Å². The largest absolute Gasteiger partial charge is 0.384 e. The third-order valence-corrected chi connectivity index (χ3v) is 5.28. The van der Waals surface area contributed by atoms with Gasteiger partial charge in [-0.25, -0.2) is 0 Å². The van der Waals surface area contributed by atoms with Gasteiger partial charge in [0.15, 0.2) is 0 Å². The molecule has 3 fully saturated rings. The average Bonchev–Trinajstić information content (AvgIpc) is 3.10. The Bertz CT molecular complexity index is 729. The Hall–Kier alpha value is -1.98. The summed E-state index contributed by atoms with van der Waals surface area (Å²) in [7, 11) is 0. The highest BCUT2D eigenvalue weighted by Gasteiger charge is 2.43. The molecule has 1 aromatic carbocycles. The maximum absolute atomic E-state index is 10.9. The van der Waals surface area contributed by atoms with Crippen LogP contribution in [0.3, 0.4) is 0 Å². The van der Waals surface area contributed by atoms with Gasteiger partial charge in [0.25, 0.3) is 0 Å². The number of nitrogens with zero attached hydrogens (tertiary/aromatic N) is 3. The number of hydrogen-bond donors (Lipinski definition) is 1. The Kier molecular flexibility index (Phi) is 3.98. The SMILES string of the molecule is CCc1nc(-c2ccc(C=CC3(O)CN4CCC3CC4)cc2)no1. The summed E-state index contributed by atoms with van der Waals surface area (Å²) in [4.78, 5) is 6.70. The van der Waals surface area contributed by atoms with Crippen LogP contribution in [0.25, 0.3) is 17.5 Å². The highest BCUT2D eigenvalue weighted by atomic mass is 16.5. The summed E-state index contributed by atoms with van der Waals surface area (Å²) in [6.07, 6.45) is 6.94. The molecule has 3 aliphatic rings.